The number of aliphatic hydroxyl groups is 1. The molecule has 0 bridgehead atoms. The fourth-order valence-corrected chi connectivity index (χ4v) is 17.1. The largest absolute Gasteiger partial charge is 0.474 e. The van der Waals surface area contributed by atoms with E-state index in [4.69, 9.17) is 67.8 Å². The van der Waals surface area contributed by atoms with E-state index in [0.717, 1.165) is 143 Å². The minimum Gasteiger partial charge on any atom is -0.474 e. The van der Waals surface area contributed by atoms with Crippen molar-refractivity contribution in [3.8, 4) is 5.88 Å². The number of ether oxygens (including phenoxy) is 1. The number of hydrogen-bond acceptors (Lipinski definition) is 21. The van der Waals surface area contributed by atoms with Gasteiger partial charge in [0, 0.05) is 168 Å². The lowest BCUT2D eigenvalue weighted by molar-refractivity contribution is 0.0893. The van der Waals surface area contributed by atoms with E-state index in [9.17, 15) is 24.0 Å². The molecule has 7 aromatic carbocycles. The van der Waals surface area contributed by atoms with Crippen molar-refractivity contribution in [1.29, 1.82) is 0 Å². The normalized spacial score (nSPS) is 16.9. The van der Waals surface area contributed by atoms with Gasteiger partial charge in [0.15, 0.2) is 0 Å². The van der Waals surface area contributed by atoms with Crippen LogP contribution >= 0.6 is 58.0 Å². The van der Waals surface area contributed by atoms with Crippen LogP contribution in [-0.2, 0) is 13.1 Å². The Morgan fingerprint density at radius 3 is 1.08 bits per heavy atom. The number of aromatic nitrogens is 5. The zero-order chi connectivity index (χ0) is 92.9. The second kappa shape index (κ2) is 51.8. The number of rotatable bonds is 26. The van der Waals surface area contributed by atoms with E-state index >= 15 is 0 Å². The first-order valence-electron chi connectivity index (χ1n) is 44.9. The summed E-state index contributed by atoms with van der Waals surface area (Å²) in [6.07, 6.45) is 18.9. The van der Waals surface area contributed by atoms with Crippen LogP contribution in [-0.4, -0.2) is 195 Å². The molecule has 133 heavy (non-hydrogen) atoms. The highest BCUT2D eigenvalue weighted by atomic mass is 35.5. The molecule has 5 fully saturated rings. The fraction of sp³-hybridized carbons (Fsp3) is 0.294. The SMILES string of the molecule is CN1CCC[C@H](Nc2ncccc2C(=O)Nc2cccc(Cl)c2)C1.O=C(Nc1cccc(Cl)c1)c1cccnc1N[C@H]1CCCN(CCO)C1.O=C(Nc1cccc(Cl)c1)c1cccnc1N[C@H]1CCCN(Cc2ccccc2)C1.O=C(Nc1cccc(Cl)c1)c1cccnc1N[C@H]1CCCNC1.O=C(Nc1cccc(Cl)c1)c1cccnc1OC1CCN(Cc2ccccc2)CC1. The van der Waals surface area contributed by atoms with E-state index < -0.39 is 0 Å². The summed E-state index contributed by atoms with van der Waals surface area (Å²) in [5, 5.41) is 43.4. The first-order chi connectivity index (χ1) is 64.8. The number of likely N-dealkylation sites (N-methyl/N-ethyl adjacent to an activating group) is 1. The summed E-state index contributed by atoms with van der Waals surface area (Å²) in [4.78, 5) is 94.6. The number of carbonyl (C=O) groups is 5. The van der Waals surface area contributed by atoms with Crippen molar-refractivity contribution in [3.63, 3.8) is 0 Å². The third kappa shape index (κ3) is 32.1. The van der Waals surface area contributed by atoms with Gasteiger partial charge in [-0.15, -0.1) is 0 Å². The Morgan fingerprint density at radius 1 is 0.361 bits per heavy atom. The van der Waals surface area contributed by atoms with Gasteiger partial charge >= 0.3 is 0 Å². The number of nitrogens with zero attached hydrogens (tertiary/aromatic N) is 9. The van der Waals surface area contributed by atoms with E-state index in [2.05, 4.69) is 153 Å². The van der Waals surface area contributed by atoms with Crippen LogP contribution in [0.1, 0.15) is 127 Å². The van der Waals surface area contributed by atoms with Crippen LogP contribution in [0.15, 0.2) is 274 Å². The predicted molar refractivity (Wildman–Crippen MR) is 536 cm³/mol. The van der Waals surface area contributed by atoms with Crippen molar-refractivity contribution in [1.82, 2.24) is 49.8 Å². The number of carbonyl (C=O) groups excluding carboxylic acids is 5. The summed E-state index contributed by atoms with van der Waals surface area (Å²) in [5.41, 5.74) is 8.41. The van der Waals surface area contributed by atoms with Crippen molar-refractivity contribution in [3.05, 3.63) is 338 Å². The zero-order valence-corrected chi connectivity index (χ0v) is 77.9. The Hall–Kier alpha value is -12.2. The number of pyridine rings is 5. The van der Waals surface area contributed by atoms with Crippen LogP contribution in [0.3, 0.4) is 0 Å². The molecule has 4 atom stereocenters. The number of hydrogen-bond donors (Lipinski definition) is 11. The quantitative estimate of drug-likeness (QED) is 0.0240. The molecule has 5 aromatic heterocycles. The lowest BCUT2D eigenvalue weighted by Crippen LogP contribution is -2.43. The maximum atomic E-state index is 12.8. The van der Waals surface area contributed by atoms with Gasteiger partial charge in [-0.1, -0.05) is 149 Å². The van der Waals surface area contributed by atoms with Gasteiger partial charge in [-0.05, 0) is 260 Å². The number of aliphatic hydroxyl groups excluding tert-OH is 1. The number of anilines is 9. The number of likely N-dealkylation sites (tertiary alicyclic amines) is 4. The van der Waals surface area contributed by atoms with E-state index in [0.29, 0.717) is 123 Å². The molecule has 5 aliphatic rings. The molecule has 0 unspecified atom stereocenters. The van der Waals surface area contributed by atoms with E-state index in [-0.39, 0.29) is 60.4 Å². The maximum absolute atomic E-state index is 12.8. The van der Waals surface area contributed by atoms with Crippen LogP contribution in [0.5, 0.6) is 5.88 Å². The Labute approximate surface area is 802 Å². The number of amides is 5. The third-order valence-corrected chi connectivity index (χ3v) is 23.8. The average Bonchev–Trinajstić information content (AvgIpc) is 0.833. The molecular weight excluding hydrogens is 1780 g/mol. The second-order valence-electron chi connectivity index (χ2n) is 33.0. The molecule has 0 aliphatic carbocycles. The van der Waals surface area contributed by atoms with E-state index in [1.54, 1.807) is 195 Å². The molecule has 10 heterocycles. The lowest BCUT2D eigenvalue weighted by Gasteiger charge is -2.33. The van der Waals surface area contributed by atoms with Crippen molar-refractivity contribution < 1.29 is 33.8 Å². The van der Waals surface area contributed by atoms with E-state index in [1.807, 2.05) is 30.3 Å². The molecule has 5 amide bonds. The topological polar surface area (TPSA) is 313 Å². The molecule has 31 heteroatoms. The smallest absolute Gasteiger partial charge is 0.261 e. The second-order valence-corrected chi connectivity index (χ2v) is 35.2. The standard InChI is InChI=1S/C24H25ClN4O.C24H24ClN3O2.C19H23ClN4O2.C18H21ClN4O.C17H19ClN4O/c25-19-9-4-10-20(15-19)28-24(30)22-12-5-13-26-23(22)27-21-11-6-14-29(17-21)16-18-7-2-1-3-8-18;25-19-8-4-9-20(16-19)27-23(29)22-10-5-13-26-24(22)30-21-11-14-28(15-12-21)17-18-6-2-1-3-7-18;20-14-4-1-5-15(12-14)23-19(26)17-7-2-8-21-18(17)22-16-6-3-9-24(13-16)10-11-25;1-23-10-4-7-15(12-23)21-17-16(8-3-9-20-17)18(24)22-14-6-2-5-13(19)11-14;18-12-4-1-5-13(10-12)22-17(23)15-7-3-9-20-16(15)21-14-6-2-8-19-11-14/h1-5,7-10,12-13,15,21H,6,11,14,16-17H2,(H,26,27)(H,28,30);1-10,13,16,21H,11-12,14-15,17H2,(H,27,29);1-2,4-5,7-8,12,16,25H,3,6,9-11,13H2,(H,21,22)(H,23,26);2-3,5-6,8-9,11,15H,4,7,10,12H2,1H3,(H,20,21)(H,22,24);1,3-5,7,9-10,14,19H,2,6,8,11H2,(H,20,21)(H,22,23)/t21-;;16-;15-;14-/m0.000/s1. The summed E-state index contributed by atoms with van der Waals surface area (Å²) in [6, 6.07) is 75.1. The average molecular weight is 1890 g/mol. The molecule has 5 saturated heterocycles. The summed E-state index contributed by atoms with van der Waals surface area (Å²) in [7, 11) is 2.11. The molecule has 5 aliphatic heterocycles. The molecule has 11 N–H and O–H groups in total. The molecular formula is C102H112Cl5N19O7. The van der Waals surface area contributed by atoms with Crippen LogP contribution < -0.4 is 57.9 Å². The molecule has 26 nitrogen and oxygen atoms in total. The summed E-state index contributed by atoms with van der Waals surface area (Å²) in [6.45, 7) is 12.4. The zero-order valence-electron chi connectivity index (χ0n) is 74.1. The minimum absolute atomic E-state index is 0.0460. The van der Waals surface area contributed by atoms with Gasteiger partial charge in [0.05, 0.1) is 28.9 Å². The molecule has 0 radical (unpaired) electrons. The van der Waals surface area contributed by atoms with Crippen molar-refractivity contribution in [2.45, 2.75) is 108 Å². The van der Waals surface area contributed by atoms with Gasteiger partial charge in [0.25, 0.3) is 29.5 Å². The highest BCUT2D eigenvalue weighted by Gasteiger charge is 2.29. The highest BCUT2D eigenvalue weighted by molar-refractivity contribution is 6.32. The third-order valence-electron chi connectivity index (χ3n) is 22.7. The monoisotopic (exact) mass is 1890 g/mol. The number of piperidine rings is 5. The molecule has 17 rings (SSSR count). The van der Waals surface area contributed by atoms with Crippen molar-refractivity contribution >= 4 is 139 Å². The van der Waals surface area contributed by atoms with Gasteiger partial charge in [-0.2, -0.15) is 0 Å². The Morgan fingerprint density at radius 2 is 0.699 bits per heavy atom. The number of benzene rings is 7. The van der Waals surface area contributed by atoms with Crippen molar-refractivity contribution in [2.75, 3.05) is 133 Å². The first-order valence-corrected chi connectivity index (χ1v) is 46.8. The van der Waals surface area contributed by atoms with Crippen LogP contribution in [0.4, 0.5) is 51.7 Å². The first kappa shape index (κ1) is 98.4. The van der Waals surface area contributed by atoms with Crippen molar-refractivity contribution in [2.24, 2.45) is 0 Å². The predicted octanol–water partition coefficient (Wildman–Crippen LogP) is 19.6. The highest BCUT2D eigenvalue weighted by Crippen LogP contribution is 2.30. The Bertz CT molecular complexity index is 5750. The summed E-state index contributed by atoms with van der Waals surface area (Å²) in [5.74, 6) is 1.70. The number of halogens is 5. The minimum atomic E-state index is -0.262. The fourth-order valence-electron chi connectivity index (χ4n) is 16.2. The van der Waals surface area contributed by atoms with Gasteiger partial charge in [-0.3, -0.25) is 38.7 Å². The number of β-amino-alcohol motifs (C(OH)–C–C–N with tert-alkyl or cyclic N) is 1. The molecule has 0 spiro atoms. The van der Waals surface area contributed by atoms with Gasteiger partial charge in [0.1, 0.15) is 34.9 Å². The maximum Gasteiger partial charge on any atom is 0.261 e. The van der Waals surface area contributed by atoms with Gasteiger partial charge in [0.2, 0.25) is 5.88 Å². The number of nitrogens with one attached hydrogen (secondary N) is 10. The lowest BCUT2D eigenvalue weighted by atomic mass is 10.0. The summed E-state index contributed by atoms with van der Waals surface area (Å²) >= 11 is 29.9. The molecule has 692 valence electrons. The summed E-state index contributed by atoms with van der Waals surface area (Å²) < 4.78 is 6.14. The van der Waals surface area contributed by atoms with Crippen LogP contribution in [0, 0.1) is 0 Å². The van der Waals surface area contributed by atoms with Crippen LogP contribution in [0.25, 0.3) is 0 Å². The van der Waals surface area contributed by atoms with Gasteiger partial charge in [-0.25, -0.2) is 24.9 Å². The Kier molecular flexibility index (Phi) is 38.3. The van der Waals surface area contributed by atoms with Gasteiger partial charge < -0.3 is 67.9 Å². The molecule has 0 saturated carbocycles. The van der Waals surface area contributed by atoms with Crippen LogP contribution in [0.2, 0.25) is 25.1 Å². The van der Waals surface area contributed by atoms with E-state index in [1.165, 1.54) is 11.1 Å². The molecule has 12 aromatic rings. The Balaban J connectivity index is 0.000000142.